The minimum absolute atomic E-state index is 0. The van der Waals surface area contributed by atoms with Crippen LogP contribution in [0.2, 0.25) is 0 Å². The van der Waals surface area contributed by atoms with Crippen molar-refractivity contribution in [2.24, 2.45) is 0 Å². The van der Waals surface area contributed by atoms with Gasteiger partial charge in [-0.15, -0.1) is 12.4 Å². The second-order valence-electron chi connectivity index (χ2n) is 3.44. The summed E-state index contributed by atoms with van der Waals surface area (Å²) in [5.41, 5.74) is 1.29. The second-order valence-corrected chi connectivity index (χ2v) is 3.44. The fourth-order valence-electron chi connectivity index (χ4n) is 1.33. The van der Waals surface area contributed by atoms with Crippen molar-refractivity contribution in [3.8, 4) is 0 Å². The molecule has 1 aromatic heterocycles. The molecule has 92 valence electrons. The molecule has 16 heavy (non-hydrogen) atoms. The molecule has 0 fully saturated rings. The number of hydrogen-bond acceptors (Lipinski definition) is 3. The maximum absolute atomic E-state index is 5.26. The molecule has 1 heterocycles. The summed E-state index contributed by atoms with van der Waals surface area (Å²) in [5, 5.41) is 3.40. The van der Waals surface area contributed by atoms with Crippen LogP contribution in [-0.4, -0.2) is 24.7 Å². The van der Waals surface area contributed by atoms with E-state index in [4.69, 9.17) is 4.74 Å². The van der Waals surface area contributed by atoms with Gasteiger partial charge in [-0.1, -0.05) is 0 Å². The highest BCUT2D eigenvalue weighted by atomic mass is 35.5. The van der Waals surface area contributed by atoms with Crippen molar-refractivity contribution in [3.05, 3.63) is 30.1 Å². The van der Waals surface area contributed by atoms with Crippen molar-refractivity contribution < 1.29 is 4.74 Å². The zero-order valence-electron chi connectivity index (χ0n) is 9.82. The fourth-order valence-corrected chi connectivity index (χ4v) is 1.33. The third kappa shape index (κ3) is 7.63. The lowest BCUT2D eigenvalue weighted by atomic mass is 10.2. The molecule has 0 aliphatic carbocycles. The Morgan fingerprint density at radius 2 is 2.00 bits per heavy atom. The van der Waals surface area contributed by atoms with Crippen LogP contribution in [0.5, 0.6) is 0 Å². The molecule has 0 amide bonds. The molecule has 0 saturated carbocycles. The molecule has 0 aromatic carbocycles. The first kappa shape index (κ1) is 15.4. The summed E-state index contributed by atoms with van der Waals surface area (Å²) < 4.78 is 5.26. The summed E-state index contributed by atoms with van der Waals surface area (Å²) >= 11 is 0. The molecule has 0 atom stereocenters. The third-order valence-electron chi connectivity index (χ3n) is 2.17. The number of unbranched alkanes of at least 4 members (excludes halogenated alkanes) is 1. The van der Waals surface area contributed by atoms with Crippen LogP contribution in [0.25, 0.3) is 0 Å². The average Bonchev–Trinajstić information content (AvgIpc) is 2.29. The summed E-state index contributed by atoms with van der Waals surface area (Å²) in [7, 11) is 0. The molecule has 0 aliphatic heterocycles. The molecule has 4 heteroatoms. The van der Waals surface area contributed by atoms with Crippen LogP contribution in [0, 0.1) is 0 Å². The van der Waals surface area contributed by atoms with Gasteiger partial charge < -0.3 is 10.1 Å². The van der Waals surface area contributed by atoms with Crippen LogP contribution in [0.15, 0.2) is 24.5 Å². The summed E-state index contributed by atoms with van der Waals surface area (Å²) in [6.07, 6.45) is 5.96. The van der Waals surface area contributed by atoms with Crippen molar-refractivity contribution in [2.45, 2.75) is 26.3 Å². The van der Waals surface area contributed by atoms with Gasteiger partial charge in [0.05, 0.1) is 0 Å². The zero-order chi connectivity index (χ0) is 10.8. The lowest BCUT2D eigenvalue weighted by Gasteiger charge is -2.04. The molecule has 0 spiro atoms. The van der Waals surface area contributed by atoms with Gasteiger partial charge in [0.2, 0.25) is 0 Å². The van der Waals surface area contributed by atoms with Gasteiger partial charge in [0.15, 0.2) is 0 Å². The number of nitrogens with zero attached hydrogens (tertiary/aromatic N) is 1. The van der Waals surface area contributed by atoms with Gasteiger partial charge >= 0.3 is 0 Å². The van der Waals surface area contributed by atoms with E-state index < -0.39 is 0 Å². The molecule has 3 nitrogen and oxygen atoms in total. The maximum atomic E-state index is 5.26. The van der Waals surface area contributed by atoms with E-state index in [-0.39, 0.29) is 12.4 Å². The minimum Gasteiger partial charge on any atom is -0.382 e. The Bertz CT molecular complexity index is 244. The van der Waals surface area contributed by atoms with Crippen molar-refractivity contribution in [3.63, 3.8) is 0 Å². The number of rotatable bonds is 8. The molecule has 0 saturated heterocycles. The third-order valence-corrected chi connectivity index (χ3v) is 2.17. The van der Waals surface area contributed by atoms with Gasteiger partial charge in [-0.3, -0.25) is 4.98 Å². The molecular formula is C12H21ClN2O. The average molecular weight is 245 g/mol. The predicted molar refractivity (Wildman–Crippen MR) is 68.9 cm³/mol. The van der Waals surface area contributed by atoms with Gasteiger partial charge in [0.25, 0.3) is 0 Å². The Kier molecular flexibility index (Phi) is 10.4. The van der Waals surface area contributed by atoms with Crippen LogP contribution < -0.4 is 5.32 Å². The Morgan fingerprint density at radius 1 is 1.25 bits per heavy atom. The highest BCUT2D eigenvalue weighted by Crippen LogP contribution is 1.95. The quantitative estimate of drug-likeness (QED) is 0.714. The lowest BCUT2D eigenvalue weighted by molar-refractivity contribution is 0.143. The van der Waals surface area contributed by atoms with E-state index in [9.17, 15) is 0 Å². The minimum atomic E-state index is 0. The number of ether oxygens (including phenoxy) is 1. The van der Waals surface area contributed by atoms with Crippen LogP contribution in [0.1, 0.15) is 25.3 Å². The summed E-state index contributed by atoms with van der Waals surface area (Å²) in [6.45, 7) is 5.71. The van der Waals surface area contributed by atoms with Gasteiger partial charge in [0, 0.05) is 32.2 Å². The van der Waals surface area contributed by atoms with Crippen LogP contribution in [-0.2, 0) is 11.3 Å². The standard InChI is InChI=1S/C12H20N2O.ClH/c1-2-15-10-4-3-7-14-11-12-5-8-13-9-6-12;/h5-6,8-9,14H,2-4,7,10-11H2,1H3;1H. The number of pyridine rings is 1. The molecule has 1 N–H and O–H groups in total. The van der Waals surface area contributed by atoms with E-state index in [0.717, 1.165) is 32.7 Å². The molecule has 0 aliphatic rings. The van der Waals surface area contributed by atoms with E-state index in [1.165, 1.54) is 12.0 Å². The van der Waals surface area contributed by atoms with E-state index >= 15 is 0 Å². The van der Waals surface area contributed by atoms with Crippen LogP contribution >= 0.6 is 12.4 Å². The normalized spacial score (nSPS) is 9.81. The van der Waals surface area contributed by atoms with Crippen LogP contribution in [0.4, 0.5) is 0 Å². The van der Waals surface area contributed by atoms with Crippen LogP contribution in [0.3, 0.4) is 0 Å². The Morgan fingerprint density at radius 3 is 2.69 bits per heavy atom. The lowest BCUT2D eigenvalue weighted by Crippen LogP contribution is -2.15. The summed E-state index contributed by atoms with van der Waals surface area (Å²) in [4.78, 5) is 3.98. The molecule has 1 rings (SSSR count). The van der Waals surface area contributed by atoms with Gasteiger partial charge in [-0.05, 0) is 44.0 Å². The SMILES string of the molecule is CCOCCCCNCc1ccncc1.Cl. The molecule has 0 unspecified atom stereocenters. The molecule has 1 aromatic rings. The van der Waals surface area contributed by atoms with Gasteiger partial charge in [-0.2, -0.15) is 0 Å². The number of nitrogens with one attached hydrogen (secondary N) is 1. The summed E-state index contributed by atoms with van der Waals surface area (Å²) in [5.74, 6) is 0. The Balaban J connectivity index is 0.00000225. The van der Waals surface area contributed by atoms with Crippen molar-refractivity contribution in [1.82, 2.24) is 10.3 Å². The molecule has 0 radical (unpaired) electrons. The largest absolute Gasteiger partial charge is 0.382 e. The van der Waals surface area contributed by atoms with E-state index in [0.29, 0.717) is 0 Å². The van der Waals surface area contributed by atoms with E-state index in [1.54, 1.807) is 0 Å². The Labute approximate surface area is 104 Å². The maximum Gasteiger partial charge on any atom is 0.0466 e. The van der Waals surface area contributed by atoms with Gasteiger partial charge in [-0.25, -0.2) is 0 Å². The second kappa shape index (κ2) is 10.9. The first-order valence-corrected chi connectivity index (χ1v) is 5.61. The zero-order valence-corrected chi connectivity index (χ0v) is 10.6. The Hall–Kier alpha value is -0.640. The first-order chi connectivity index (χ1) is 7.43. The number of aromatic nitrogens is 1. The van der Waals surface area contributed by atoms with Gasteiger partial charge in [0.1, 0.15) is 0 Å². The smallest absolute Gasteiger partial charge is 0.0466 e. The molecular weight excluding hydrogens is 224 g/mol. The van der Waals surface area contributed by atoms with E-state index in [2.05, 4.69) is 10.3 Å². The fraction of sp³-hybridized carbons (Fsp3) is 0.583. The van der Waals surface area contributed by atoms with Crippen molar-refractivity contribution >= 4 is 12.4 Å². The summed E-state index contributed by atoms with van der Waals surface area (Å²) in [6, 6.07) is 4.07. The highest BCUT2D eigenvalue weighted by molar-refractivity contribution is 5.85. The topological polar surface area (TPSA) is 34.1 Å². The molecule has 0 bridgehead atoms. The number of hydrogen-bond donors (Lipinski definition) is 1. The highest BCUT2D eigenvalue weighted by Gasteiger charge is 1.91. The van der Waals surface area contributed by atoms with Crippen molar-refractivity contribution in [2.75, 3.05) is 19.8 Å². The monoisotopic (exact) mass is 244 g/mol. The predicted octanol–water partition coefficient (Wildman–Crippen LogP) is 2.41. The van der Waals surface area contributed by atoms with E-state index in [1.807, 2.05) is 31.5 Å². The first-order valence-electron chi connectivity index (χ1n) is 5.61. The number of halogens is 1. The van der Waals surface area contributed by atoms with Crippen molar-refractivity contribution in [1.29, 1.82) is 0 Å².